The maximum atomic E-state index is 12.3. The lowest BCUT2D eigenvalue weighted by Crippen LogP contribution is -2.44. The van der Waals surface area contributed by atoms with E-state index < -0.39 is 9.84 Å². The number of piperazine rings is 1. The summed E-state index contributed by atoms with van der Waals surface area (Å²) in [7, 11) is 0.406. The zero-order valence-electron chi connectivity index (χ0n) is 20.7. The Morgan fingerprint density at radius 3 is 2.58 bits per heavy atom. The van der Waals surface area contributed by atoms with Crippen LogP contribution in [-0.2, 0) is 16.3 Å². The van der Waals surface area contributed by atoms with E-state index in [-0.39, 0.29) is 4.90 Å². The number of fused-ring (bicyclic) bond motifs is 1. The number of nitrogens with one attached hydrogen (secondary N) is 2. The Labute approximate surface area is 211 Å². The normalized spacial score (nSPS) is 14.8. The molecule has 0 aliphatic carbocycles. The Morgan fingerprint density at radius 1 is 1.06 bits per heavy atom. The van der Waals surface area contributed by atoms with Crippen molar-refractivity contribution in [2.75, 3.05) is 56.8 Å². The Hall–Kier alpha value is -3.63. The number of hydrogen-bond donors (Lipinski definition) is 2. The number of anilines is 3. The van der Waals surface area contributed by atoms with Gasteiger partial charge in [-0.1, -0.05) is 18.2 Å². The van der Waals surface area contributed by atoms with Crippen molar-refractivity contribution in [3.63, 3.8) is 0 Å². The summed E-state index contributed by atoms with van der Waals surface area (Å²) in [6.45, 7) is 4.03. The molecular weight excluding hydrogens is 476 g/mol. The fourth-order valence-electron chi connectivity index (χ4n) is 4.49. The average molecular weight is 507 g/mol. The van der Waals surface area contributed by atoms with Crippen LogP contribution < -0.4 is 15.0 Å². The van der Waals surface area contributed by atoms with Gasteiger partial charge in [0, 0.05) is 62.4 Å². The number of methoxy groups -OCH3 is 1. The first-order valence-corrected chi connectivity index (χ1v) is 13.7. The monoisotopic (exact) mass is 506 g/mol. The van der Waals surface area contributed by atoms with Crippen molar-refractivity contribution in [1.82, 2.24) is 19.9 Å². The van der Waals surface area contributed by atoms with E-state index in [9.17, 15) is 8.42 Å². The van der Waals surface area contributed by atoms with Gasteiger partial charge < -0.3 is 24.8 Å². The lowest BCUT2D eigenvalue weighted by atomic mass is 10.1. The highest BCUT2D eigenvalue weighted by atomic mass is 32.2. The summed E-state index contributed by atoms with van der Waals surface area (Å²) in [6.07, 6.45) is 3.46. The van der Waals surface area contributed by atoms with Crippen molar-refractivity contribution < 1.29 is 13.2 Å². The standard InChI is InChI=1S/C26H30N6O3S/c1-31-12-14-32(15-13-31)19-9-8-18(22(17-19)35-2)16-24-28-21-10-11-27-25(21)26(30-24)29-20-6-4-5-7-23(20)36(3,33)34/h4-11,17,27H,12-16H2,1-3H3,(H,28,29,30). The Kier molecular flexibility index (Phi) is 6.55. The number of sulfone groups is 1. The first-order chi connectivity index (χ1) is 17.3. The van der Waals surface area contributed by atoms with Gasteiger partial charge in [0.2, 0.25) is 0 Å². The fraction of sp³-hybridized carbons (Fsp3) is 0.308. The minimum Gasteiger partial charge on any atom is -0.496 e. The van der Waals surface area contributed by atoms with Crippen LogP contribution in [0.15, 0.2) is 59.6 Å². The third-order valence-corrected chi connectivity index (χ3v) is 7.63. The quantitative estimate of drug-likeness (QED) is 0.393. The molecule has 0 amide bonds. The molecule has 4 aromatic rings. The van der Waals surface area contributed by atoms with E-state index in [4.69, 9.17) is 14.7 Å². The third kappa shape index (κ3) is 5.00. The Bertz CT molecular complexity index is 1490. The summed E-state index contributed by atoms with van der Waals surface area (Å²) < 4.78 is 30.3. The number of aromatic amines is 1. The molecule has 2 N–H and O–H groups in total. The predicted molar refractivity (Wildman–Crippen MR) is 142 cm³/mol. The maximum absolute atomic E-state index is 12.3. The van der Waals surface area contributed by atoms with Gasteiger partial charge in [0.15, 0.2) is 15.7 Å². The summed E-state index contributed by atoms with van der Waals surface area (Å²) in [5, 5.41) is 3.22. The molecule has 0 atom stereocenters. The second-order valence-corrected chi connectivity index (χ2v) is 11.1. The highest BCUT2D eigenvalue weighted by Crippen LogP contribution is 2.30. The smallest absolute Gasteiger partial charge is 0.177 e. The van der Waals surface area contributed by atoms with Crippen LogP contribution in [0.1, 0.15) is 11.4 Å². The largest absolute Gasteiger partial charge is 0.496 e. The number of nitrogens with zero attached hydrogens (tertiary/aromatic N) is 4. The molecule has 0 saturated carbocycles. The summed E-state index contributed by atoms with van der Waals surface area (Å²) in [5.41, 5.74) is 4.04. The van der Waals surface area contributed by atoms with Crippen LogP contribution in [0.5, 0.6) is 5.75 Å². The topological polar surface area (TPSA) is 103 Å². The number of H-pyrrole nitrogens is 1. The van der Waals surface area contributed by atoms with E-state index in [1.54, 1.807) is 37.6 Å². The molecule has 0 bridgehead atoms. The average Bonchev–Trinajstić information content (AvgIpc) is 3.34. The van der Waals surface area contributed by atoms with Crippen molar-refractivity contribution >= 4 is 38.1 Å². The molecule has 10 heteroatoms. The fourth-order valence-corrected chi connectivity index (χ4v) is 5.34. The molecular formula is C26H30N6O3S. The molecule has 2 aromatic heterocycles. The van der Waals surface area contributed by atoms with Crippen LogP contribution in [0.2, 0.25) is 0 Å². The molecule has 1 fully saturated rings. The summed E-state index contributed by atoms with van der Waals surface area (Å²) in [5.74, 6) is 1.91. The molecule has 9 nitrogen and oxygen atoms in total. The van der Waals surface area contributed by atoms with Crippen molar-refractivity contribution in [3.8, 4) is 5.75 Å². The van der Waals surface area contributed by atoms with Gasteiger partial charge in [-0.25, -0.2) is 18.4 Å². The second kappa shape index (κ2) is 9.79. The van der Waals surface area contributed by atoms with Gasteiger partial charge in [0.25, 0.3) is 0 Å². The first-order valence-electron chi connectivity index (χ1n) is 11.8. The lowest BCUT2D eigenvalue weighted by molar-refractivity contribution is 0.312. The van der Waals surface area contributed by atoms with Gasteiger partial charge in [0.05, 0.1) is 23.2 Å². The lowest BCUT2D eigenvalue weighted by Gasteiger charge is -2.34. The number of para-hydroxylation sites is 1. The Morgan fingerprint density at radius 2 is 1.83 bits per heavy atom. The van der Waals surface area contributed by atoms with Crippen LogP contribution in [-0.4, -0.2) is 74.9 Å². The Balaban J connectivity index is 1.46. The van der Waals surface area contributed by atoms with E-state index >= 15 is 0 Å². The van der Waals surface area contributed by atoms with Crippen LogP contribution in [0.3, 0.4) is 0 Å². The molecule has 36 heavy (non-hydrogen) atoms. The number of hydrogen-bond acceptors (Lipinski definition) is 8. The number of likely N-dealkylation sites (N-methyl/N-ethyl adjacent to an activating group) is 1. The molecule has 1 aliphatic heterocycles. The molecule has 1 aliphatic rings. The van der Waals surface area contributed by atoms with Crippen LogP contribution in [0.4, 0.5) is 17.2 Å². The molecule has 0 radical (unpaired) electrons. The minimum atomic E-state index is -3.42. The SMILES string of the molecule is COc1cc(N2CCN(C)CC2)ccc1Cc1nc(Nc2ccccc2S(C)(=O)=O)c2[nH]ccc2n1. The van der Waals surface area contributed by atoms with Crippen LogP contribution >= 0.6 is 0 Å². The van der Waals surface area contributed by atoms with Gasteiger partial charge in [-0.2, -0.15) is 0 Å². The second-order valence-electron chi connectivity index (χ2n) is 9.08. The number of rotatable bonds is 7. The molecule has 0 unspecified atom stereocenters. The molecule has 5 rings (SSSR count). The van der Waals surface area contributed by atoms with Crippen LogP contribution in [0, 0.1) is 0 Å². The molecule has 1 saturated heterocycles. The minimum absolute atomic E-state index is 0.214. The summed E-state index contributed by atoms with van der Waals surface area (Å²) >= 11 is 0. The van der Waals surface area contributed by atoms with Gasteiger partial charge in [-0.15, -0.1) is 0 Å². The van der Waals surface area contributed by atoms with E-state index in [1.807, 2.05) is 6.07 Å². The maximum Gasteiger partial charge on any atom is 0.177 e. The molecule has 3 heterocycles. The van der Waals surface area contributed by atoms with Gasteiger partial charge >= 0.3 is 0 Å². The third-order valence-electron chi connectivity index (χ3n) is 6.48. The number of benzene rings is 2. The molecule has 0 spiro atoms. The molecule has 2 aromatic carbocycles. The van der Waals surface area contributed by atoms with Crippen molar-refractivity contribution in [2.24, 2.45) is 0 Å². The van der Waals surface area contributed by atoms with E-state index in [1.165, 1.54) is 6.26 Å². The zero-order valence-corrected chi connectivity index (χ0v) is 21.5. The van der Waals surface area contributed by atoms with E-state index in [2.05, 4.69) is 45.3 Å². The highest BCUT2D eigenvalue weighted by molar-refractivity contribution is 7.90. The van der Waals surface area contributed by atoms with Crippen molar-refractivity contribution in [1.29, 1.82) is 0 Å². The van der Waals surface area contributed by atoms with Gasteiger partial charge in [0.1, 0.15) is 17.1 Å². The predicted octanol–water partition coefficient (Wildman–Crippen LogP) is 3.46. The van der Waals surface area contributed by atoms with E-state index in [0.29, 0.717) is 29.3 Å². The van der Waals surface area contributed by atoms with Crippen molar-refractivity contribution in [3.05, 3.63) is 66.1 Å². The summed E-state index contributed by atoms with van der Waals surface area (Å²) in [4.78, 5) is 17.6. The van der Waals surface area contributed by atoms with Gasteiger partial charge in [-0.3, -0.25) is 0 Å². The number of ether oxygens (including phenoxy) is 1. The number of aromatic nitrogens is 3. The van der Waals surface area contributed by atoms with Crippen LogP contribution in [0.25, 0.3) is 11.0 Å². The van der Waals surface area contributed by atoms with Crippen molar-refractivity contribution in [2.45, 2.75) is 11.3 Å². The molecule has 188 valence electrons. The summed E-state index contributed by atoms with van der Waals surface area (Å²) in [6, 6.07) is 15.0. The van der Waals surface area contributed by atoms with Gasteiger partial charge in [-0.05, 0) is 31.3 Å². The zero-order chi connectivity index (χ0) is 25.3. The van der Waals surface area contributed by atoms with E-state index in [0.717, 1.165) is 48.7 Å². The highest BCUT2D eigenvalue weighted by Gasteiger charge is 2.18. The first kappa shape index (κ1) is 24.1.